The van der Waals surface area contributed by atoms with E-state index in [-0.39, 0.29) is 12.0 Å². The van der Waals surface area contributed by atoms with Crippen LogP contribution in [0, 0.1) is 12.8 Å². The van der Waals surface area contributed by atoms with Crippen LogP contribution >= 0.6 is 0 Å². The monoisotopic (exact) mass is 324 g/mol. The summed E-state index contributed by atoms with van der Waals surface area (Å²) in [4.78, 5) is 18.7. The molecule has 2 heterocycles. The Morgan fingerprint density at radius 2 is 2.21 bits per heavy atom. The highest BCUT2D eigenvalue weighted by atomic mass is 16.5. The van der Waals surface area contributed by atoms with Crippen molar-refractivity contribution >= 4 is 5.91 Å². The second kappa shape index (κ2) is 7.58. The third-order valence-corrected chi connectivity index (χ3v) is 4.74. The van der Waals surface area contributed by atoms with Crippen LogP contribution < -0.4 is 0 Å². The fraction of sp³-hybridized carbons (Fsp3) is 0.400. The van der Waals surface area contributed by atoms with Crippen LogP contribution in [0.2, 0.25) is 0 Å². The number of carbonyl (C=O) groups is 1. The standard InChI is InChI=1S/C20H24N2O2/c1-15-5-3-6-16(11-15)12-18-14-22(10-8-19(18)24-2)20(23)17-7-4-9-21-13-17/h3-7,9,11,13,18-19H,8,10,12,14H2,1-2H3/t18-,19-/m0/s1. The minimum absolute atomic E-state index is 0.0619. The molecule has 2 atom stereocenters. The number of pyridine rings is 1. The number of carbonyl (C=O) groups excluding carboxylic acids is 1. The summed E-state index contributed by atoms with van der Waals surface area (Å²) in [6.45, 7) is 3.56. The summed E-state index contributed by atoms with van der Waals surface area (Å²) in [5.41, 5.74) is 3.22. The number of hydrogen-bond donors (Lipinski definition) is 0. The molecule has 1 aromatic heterocycles. The molecule has 0 saturated carbocycles. The largest absolute Gasteiger partial charge is 0.381 e. The summed E-state index contributed by atoms with van der Waals surface area (Å²) >= 11 is 0. The Kier molecular flexibility index (Phi) is 5.26. The molecule has 1 saturated heterocycles. The highest BCUT2D eigenvalue weighted by Gasteiger charge is 2.32. The lowest BCUT2D eigenvalue weighted by molar-refractivity contribution is -0.00301. The first-order chi connectivity index (χ1) is 11.7. The van der Waals surface area contributed by atoms with Crippen LogP contribution in [-0.2, 0) is 11.2 Å². The number of nitrogens with zero attached hydrogens (tertiary/aromatic N) is 2. The highest BCUT2D eigenvalue weighted by Crippen LogP contribution is 2.25. The number of hydrogen-bond acceptors (Lipinski definition) is 3. The van der Waals surface area contributed by atoms with Gasteiger partial charge in [-0.3, -0.25) is 9.78 Å². The van der Waals surface area contributed by atoms with E-state index in [4.69, 9.17) is 4.74 Å². The van der Waals surface area contributed by atoms with Gasteiger partial charge in [0.1, 0.15) is 0 Å². The molecule has 24 heavy (non-hydrogen) atoms. The highest BCUT2D eigenvalue weighted by molar-refractivity contribution is 5.93. The normalized spacial score (nSPS) is 20.8. The molecule has 2 aromatic rings. The van der Waals surface area contributed by atoms with Crippen LogP contribution in [-0.4, -0.2) is 42.1 Å². The molecular weight excluding hydrogens is 300 g/mol. The number of benzene rings is 1. The zero-order chi connectivity index (χ0) is 16.9. The molecule has 4 heteroatoms. The molecule has 0 N–H and O–H groups in total. The molecule has 0 radical (unpaired) electrons. The van der Waals surface area contributed by atoms with Crippen molar-refractivity contribution in [3.63, 3.8) is 0 Å². The predicted octanol–water partition coefficient (Wildman–Crippen LogP) is 3.11. The van der Waals surface area contributed by atoms with E-state index in [2.05, 4.69) is 36.2 Å². The summed E-state index contributed by atoms with van der Waals surface area (Å²) in [5.74, 6) is 0.373. The lowest BCUT2D eigenvalue weighted by Gasteiger charge is -2.38. The van der Waals surface area contributed by atoms with Crippen LogP contribution in [0.25, 0.3) is 0 Å². The van der Waals surface area contributed by atoms with Gasteiger partial charge >= 0.3 is 0 Å². The van der Waals surface area contributed by atoms with E-state index in [0.29, 0.717) is 11.5 Å². The van der Waals surface area contributed by atoms with Crippen LogP contribution in [0.3, 0.4) is 0 Å². The molecule has 0 aliphatic carbocycles. The van der Waals surface area contributed by atoms with Crippen molar-refractivity contribution in [2.45, 2.75) is 25.9 Å². The number of likely N-dealkylation sites (tertiary alicyclic amines) is 1. The van der Waals surface area contributed by atoms with Gasteiger partial charge in [-0.05, 0) is 37.5 Å². The van der Waals surface area contributed by atoms with E-state index in [9.17, 15) is 4.79 Å². The van der Waals surface area contributed by atoms with Gasteiger partial charge in [-0.2, -0.15) is 0 Å². The predicted molar refractivity (Wildman–Crippen MR) is 93.9 cm³/mol. The quantitative estimate of drug-likeness (QED) is 0.868. The summed E-state index contributed by atoms with van der Waals surface area (Å²) < 4.78 is 5.69. The van der Waals surface area contributed by atoms with Gasteiger partial charge < -0.3 is 9.64 Å². The summed E-state index contributed by atoms with van der Waals surface area (Å²) in [5, 5.41) is 0. The molecule has 4 nitrogen and oxygen atoms in total. The molecule has 0 unspecified atom stereocenters. The molecule has 0 spiro atoms. The van der Waals surface area contributed by atoms with Crippen LogP contribution in [0.5, 0.6) is 0 Å². The zero-order valence-corrected chi connectivity index (χ0v) is 14.3. The van der Waals surface area contributed by atoms with Gasteiger partial charge in [0.2, 0.25) is 0 Å². The average Bonchev–Trinajstić information content (AvgIpc) is 2.62. The number of amides is 1. The van der Waals surface area contributed by atoms with E-state index >= 15 is 0 Å². The lowest BCUT2D eigenvalue weighted by Crippen LogP contribution is -2.47. The maximum atomic E-state index is 12.7. The number of rotatable bonds is 4. The van der Waals surface area contributed by atoms with Crippen molar-refractivity contribution < 1.29 is 9.53 Å². The summed E-state index contributed by atoms with van der Waals surface area (Å²) in [7, 11) is 1.77. The number of piperidine rings is 1. The first-order valence-electron chi connectivity index (χ1n) is 8.45. The first-order valence-corrected chi connectivity index (χ1v) is 8.45. The Labute approximate surface area is 143 Å². The molecular formula is C20H24N2O2. The van der Waals surface area contributed by atoms with Gasteiger partial charge in [-0.1, -0.05) is 29.8 Å². The van der Waals surface area contributed by atoms with Crippen molar-refractivity contribution in [3.8, 4) is 0 Å². The number of methoxy groups -OCH3 is 1. The van der Waals surface area contributed by atoms with Crippen LogP contribution in [0.4, 0.5) is 0 Å². The first kappa shape index (κ1) is 16.7. The van der Waals surface area contributed by atoms with E-state index in [1.54, 1.807) is 25.6 Å². The average molecular weight is 324 g/mol. The topological polar surface area (TPSA) is 42.4 Å². The third kappa shape index (κ3) is 3.82. The smallest absolute Gasteiger partial charge is 0.255 e. The van der Waals surface area contributed by atoms with Crippen molar-refractivity contribution in [3.05, 3.63) is 65.5 Å². The van der Waals surface area contributed by atoms with Crippen LogP contribution in [0.1, 0.15) is 27.9 Å². The van der Waals surface area contributed by atoms with Gasteiger partial charge in [0, 0.05) is 38.5 Å². The Morgan fingerprint density at radius 3 is 2.92 bits per heavy atom. The fourth-order valence-corrected chi connectivity index (χ4v) is 3.52. The van der Waals surface area contributed by atoms with Gasteiger partial charge in [0.25, 0.3) is 5.91 Å². The Hall–Kier alpha value is -2.20. The van der Waals surface area contributed by atoms with E-state index in [1.807, 2.05) is 11.0 Å². The maximum absolute atomic E-state index is 12.7. The third-order valence-electron chi connectivity index (χ3n) is 4.74. The zero-order valence-electron chi connectivity index (χ0n) is 14.3. The van der Waals surface area contributed by atoms with E-state index < -0.39 is 0 Å². The second-order valence-corrected chi connectivity index (χ2v) is 6.51. The van der Waals surface area contributed by atoms with Gasteiger partial charge in [-0.15, -0.1) is 0 Å². The Bertz CT molecular complexity index is 687. The molecule has 0 bridgehead atoms. The van der Waals surface area contributed by atoms with Crippen molar-refractivity contribution in [2.24, 2.45) is 5.92 Å². The molecule has 1 fully saturated rings. The van der Waals surface area contributed by atoms with Gasteiger partial charge in [0.05, 0.1) is 11.7 Å². The van der Waals surface area contributed by atoms with Crippen molar-refractivity contribution in [2.75, 3.05) is 20.2 Å². The number of aryl methyl sites for hydroxylation is 1. The second-order valence-electron chi connectivity index (χ2n) is 6.51. The number of ether oxygens (including phenoxy) is 1. The minimum atomic E-state index is 0.0619. The molecule has 1 aromatic carbocycles. The van der Waals surface area contributed by atoms with Crippen molar-refractivity contribution in [1.82, 2.24) is 9.88 Å². The Balaban J connectivity index is 1.73. The van der Waals surface area contributed by atoms with Crippen LogP contribution in [0.15, 0.2) is 48.8 Å². The fourth-order valence-electron chi connectivity index (χ4n) is 3.52. The molecule has 3 rings (SSSR count). The minimum Gasteiger partial charge on any atom is -0.381 e. The van der Waals surface area contributed by atoms with E-state index in [0.717, 1.165) is 25.9 Å². The number of aromatic nitrogens is 1. The lowest BCUT2D eigenvalue weighted by atomic mass is 9.88. The van der Waals surface area contributed by atoms with Gasteiger partial charge in [0.15, 0.2) is 0 Å². The Morgan fingerprint density at radius 1 is 1.33 bits per heavy atom. The van der Waals surface area contributed by atoms with Gasteiger partial charge in [-0.25, -0.2) is 0 Å². The molecule has 1 aliphatic heterocycles. The molecule has 1 aliphatic rings. The molecule has 126 valence electrons. The van der Waals surface area contributed by atoms with E-state index in [1.165, 1.54) is 11.1 Å². The van der Waals surface area contributed by atoms with Crippen molar-refractivity contribution in [1.29, 1.82) is 0 Å². The summed E-state index contributed by atoms with van der Waals surface area (Å²) in [6, 6.07) is 12.2. The summed E-state index contributed by atoms with van der Waals surface area (Å²) in [6.07, 6.45) is 5.33. The molecule has 1 amide bonds. The SMILES string of the molecule is CO[C@H]1CCN(C(=O)c2cccnc2)C[C@@H]1Cc1cccc(C)c1. The maximum Gasteiger partial charge on any atom is 0.255 e.